The van der Waals surface area contributed by atoms with Gasteiger partial charge in [-0.3, -0.25) is 0 Å². The predicted octanol–water partition coefficient (Wildman–Crippen LogP) is 11.4. The number of nitrogens with zero attached hydrogens (tertiary/aromatic N) is 5. The summed E-state index contributed by atoms with van der Waals surface area (Å²) in [6, 6.07) is 49.0. The zero-order valence-electron chi connectivity index (χ0n) is 25.4. The largest absolute Gasteiger partial charge is 0.318 e. The van der Waals surface area contributed by atoms with E-state index in [4.69, 9.17) is 16.5 Å². The lowest BCUT2D eigenvalue weighted by Gasteiger charge is -2.15. The number of aromatic nitrogens is 3. The topological polar surface area (TPSA) is 58.9 Å². The number of para-hydroxylation sites is 1. The van der Waals surface area contributed by atoms with Gasteiger partial charge in [-0.15, -0.1) is 11.3 Å². The summed E-state index contributed by atoms with van der Waals surface area (Å²) in [6.45, 7) is 8.38. The fourth-order valence-electron chi connectivity index (χ4n) is 6.73. The van der Waals surface area contributed by atoms with E-state index < -0.39 is 0 Å². The minimum Gasteiger partial charge on any atom is -0.318 e. The number of fused-ring (bicyclic) bond motifs is 7. The molecule has 0 atom stereocenters. The molecule has 3 aromatic heterocycles. The van der Waals surface area contributed by atoms with Crippen LogP contribution < -0.4 is 0 Å². The van der Waals surface area contributed by atoms with Crippen LogP contribution in [0.5, 0.6) is 0 Å². The van der Waals surface area contributed by atoms with E-state index in [2.05, 4.69) is 70.1 Å². The molecule has 0 N–H and O–H groups in total. The number of rotatable bonds is 4. The van der Waals surface area contributed by atoms with Gasteiger partial charge in [-0.2, -0.15) is 5.26 Å². The lowest BCUT2D eigenvalue weighted by Crippen LogP contribution is -2.01. The van der Waals surface area contributed by atoms with Crippen LogP contribution in [-0.4, -0.2) is 14.5 Å². The van der Waals surface area contributed by atoms with Crippen LogP contribution in [0.1, 0.15) is 5.56 Å². The molecule has 9 rings (SSSR count). The normalized spacial score (nSPS) is 11.3. The van der Waals surface area contributed by atoms with Crippen molar-refractivity contribution in [1.82, 2.24) is 14.5 Å². The molecule has 9 aromatic rings. The van der Waals surface area contributed by atoms with Crippen molar-refractivity contribution in [3.8, 4) is 45.7 Å². The average molecular weight is 630 g/mol. The number of hydrogen-bond acceptors (Lipinski definition) is 4. The Labute approximate surface area is 280 Å². The summed E-state index contributed by atoms with van der Waals surface area (Å²) in [5.41, 5.74) is 7.16. The fourth-order valence-corrected chi connectivity index (χ4v) is 7.97. The summed E-state index contributed by atoms with van der Waals surface area (Å²) in [6.07, 6.45) is 0. The first-order chi connectivity index (χ1) is 23.7. The van der Waals surface area contributed by atoms with Crippen LogP contribution in [0.3, 0.4) is 0 Å². The Balaban J connectivity index is 1.32. The van der Waals surface area contributed by atoms with Gasteiger partial charge >= 0.3 is 0 Å². The van der Waals surface area contributed by atoms with Gasteiger partial charge in [0.25, 0.3) is 0 Å². The van der Waals surface area contributed by atoms with Crippen LogP contribution in [0.4, 0.5) is 5.69 Å². The van der Waals surface area contributed by atoms with Crippen molar-refractivity contribution in [2.24, 2.45) is 0 Å². The molecule has 0 aliphatic heterocycles. The summed E-state index contributed by atoms with van der Waals surface area (Å²) < 4.78 is 4.65. The van der Waals surface area contributed by atoms with E-state index in [1.165, 1.54) is 20.2 Å². The maximum absolute atomic E-state index is 10.5. The van der Waals surface area contributed by atoms with Crippen LogP contribution in [0, 0.1) is 17.9 Å². The van der Waals surface area contributed by atoms with E-state index in [9.17, 15) is 5.26 Å². The molecule has 5 nitrogen and oxygen atoms in total. The highest BCUT2D eigenvalue weighted by atomic mass is 32.1. The number of hydrogen-bond donors (Lipinski definition) is 0. The fraction of sp³-hybridized carbons (Fsp3) is 0. The van der Waals surface area contributed by atoms with Gasteiger partial charge in [0, 0.05) is 37.4 Å². The number of benzene rings is 6. The van der Waals surface area contributed by atoms with Gasteiger partial charge in [0.1, 0.15) is 11.6 Å². The first-order valence-electron chi connectivity index (χ1n) is 15.5. The summed E-state index contributed by atoms with van der Waals surface area (Å²) >= 11 is 1.78. The Morgan fingerprint density at radius 3 is 2.02 bits per heavy atom. The van der Waals surface area contributed by atoms with Crippen molar-refractivity contribution in [2.45, 2.75) is 0 Å². The molecule has 0 radical (unpaired) electrons. The van der Waals surface area contributed by atoms with E-state index >= 15 is 0 Å². The molecule has 0 aliphatic rings. The predicted molar refractivity (Wildman–Crippen MR) is 197 cm³/mol. The van der Waals surface area contributed by atoms with Crippen molar-refractivity contribution in [3.63, 3.8) is 0 Å². The molecule has 0 unspecified atom stereocenters. The van der Waals surface area contributed by atoms with Gasteiger partial charge in [0.15, 0.2) is 5.82 Å². The van der Waals surface area contributed by atoms with Crippen molar-refractivity contribution >= 4 is 59.0 Å². The maximum Gasteiger partial charge on any atom is 0.211 e. The monoisotopic (exact) mass is 629 g/mol. The van der Waals surface area contributed by atoms with Crippen LogP contribution in [-0.2, 0) is 0 Å². The van der Waals surface area contributed by atoms with Crippen LogP contribution >= 0.6 is 11.3 Å². The second-order valence-corrected chi connectivity index (χ2v) is 12.6. The minimum atomic E-state index is 0.369. The zero-order valence-corrected chi connectivity index (χ0v) is 26.2. The summed E-state index contributed by atoms with van der Waals surface area (Å²) in [5.74, 6) is 0.520. The van der Waals surface area contributed by atoms with E-state index in [0.717, 1.165) is 38.6 Å². The molecule has 0 aliphatic carbocycles. The molecule has 6 heteroatoms. The van der Waals surface area contributed by atoms with Gasteiger partial charge < -0.3 is 4.57 Å². The summed E-state index contributed by atoms with van der Waals surface area (Å²) in [4.78, 5) is 13.9. The second kappa shape index (κ2) is 11.0. The molecule has 48 heavy (non-hydrogen) atoms. The average Bonchev–Trinajstić information content (AvgIpc) is 3.71. The summed E-state index contributed by atoms with van der Waals surface area (Å²) in [5, 5.41) is 15.2. The number of thiophene rings is 1. The third kappa shape index (κ3) is 4.22. The zero-order chi connectivity index (χ0) is 32.2. The SMILES string of the molecule is [C-]#[N+]c1cc(-c2nc(-c3ccccc3)nc(-c3ccccc3)c2C#N)ccc1-n1c2ccccc2c2ccc3c4ccccc4sc3c21. The molecule has 3 heterocycles. The van der Waals surface area contributed by atoms with Crippen molar-refractivity contribution in [3.05, 3.63) is 157 Å². The Morgan fingerprint density at radius 1 is 0.625 bits per heavy atom. The molecule has 0 fully saturated rings. The molecular weight excluding hydrogens is 607 g/mol. The molecular formula is C42H23N5S. The van der Waals surface area contributed by atoms with E-state index in [-0.39, 0.29) is 0 Å². The molecule has 0 amide bonds. The second-order valence-electron chi connectivity index (χ2n) is 11.6. The molecule has 222 valence electrons. The Kier molecular flexibility index (Phi) is 6.36. The van der Waals surface area contributed by atoms with Gasteiger partial charge in [0.2, 0.25) is 5.69 Å². The quantitative estimate of drug-likeness (QED) is 0.182. The maximum atomic E-state index is 10.5. The van der Waals surface area contributed by atoms with Gasteiger partial charge in [-0.25, -0.2) is 14.8 Å². The van der Waals surface area contributed by atoms with Crippen LogP contribution in [0.25, 0.3) is 86.4 Å². The highest BCUT2D eigenvalue weighted by molar-refractivity contribution is 7.26. The highest BCUT2D eigenvalue weighted by Gasteiger charge is 2.22. The van der Waals surface area contributed by atoms with Crippen LogP contribution in [0.15, 0.2) is 140 Å². The lowest BCUT2D eigenvalue weighted by molar-refractivity contribution is 1.16. The first-order valence-corrected chi connectivity index (χ1v) is 16.3. The number of nitriles is 1. The van der Waals surface area contributed by atoms with Gasteiger partial charge in [-0.05, 0) is 29.8 Å². The first kappa shape index (κ1) is 27.7. The standard InChI is InChI=1S/C42H23N5S/c1-44-34-24-28(39-33(25-43)38(26-12-4-2-5-13-26)45-42(46-39)27-14-6-3-7-15-27)20-23-36(34)47-35-18-10-8-16-29(35)31-21-22-32-30-17-9-11-19-37(30)48-41(32)40(31)47/h2-24H. The summed E-state index contributed by atoms with van der Waals surface area (Å²) in [7, 11) is 0. The minimum absolute atomic E-state index is 0.369. The van der Waals surface area contributed by atoms with E-state index in [1.54, 1.807) is 11.3 Å². The Hall–Kier alpha value is -6.60. The third-order valence-corrected chi connectivity index (χ3v) is 10.1. The van der Waals surface area contributed by atoms with E-state index in [0.29, 0.717) is 34.0 Å². The van der Waals surface area contributed by atoms with E-state index in [1.807, 2.05) is 84.9 Å². The van der Waals surface area contributed by atoms with Crippen LogP contribution in [0.2, 0.25) is 0 Å². The van der Waals surface area contributed by atoms with Crippen molar-refractivity contribution in [1.29, 1.82) is 5.26 Å². The Morgan fingerprint density at radius 2 is 1.27 bits per heavy atom. The van der Waals surface area contributed by atoms with Gasteiger partial charge in [-0.1, -0.05) is 115 Å². The molecule has 0 saturated heterocycles. The Bertz CT molecular complexity index is 2800. The molecule has 6 aromatic carbocycles. The van der Waals surface area contributed by atoms with Crippen molar-refractivity contribution < 1.29 is 0 Å². The smallest absolute Gasteiger partial charge is 0.211 e. The lowest BCUT2D eigenvalue weighted by atomic mass is 9.99. The molecule has 0 spiro atoms. The molecule has 0 saturated carbocycles. The molecule has 0 bridgehead atoms. The third-order valence-electron chi connectivity index (χ3n) is 8.89. The van der Waals surface area contributed by atoms with Gasteiger partial charge in [0.05, 0.1) is 39.4 Å². The highest BCUT2D eigenvalue weighted by Crippen LogP contribution is 2.45. The van der Waals surface area contributed by atoms with Crippen molar-refractivity contribution in [2.75, 3.05) is 0 Å².